The molecule has 0 aliphatic carbocycles. The van der Waals surface area contributed by atoms with Gasteiger partial charge in [0, 0.05) is 19.0 Å². The number of likely N-dealkylation sites (tertiary alicyclic amines) is 1. The van der Waals surface area contributed by atoms with Crippen molar-refractivity contribution in [2.75, 3.05) is 26.2 Å². The number of ether oxygens (including phenoxy) is 1. The molecule has 1 aromatic carbocycles. The Labute approximate surface area is 145 Å². The zero-order valence-corrected chi connectivity index (χ0v) is 13.9. The summed E-state index contributed by atoms with van der Waals surface area (Å²) in [6.07, 6.45) is 3.92. The fraction of sp³-hybridized carbons (Fsp3) is 0.471. The van der Waals surface area contributed by atoms with Crippen molar-refractivity contribution in [1.29, 1.82) is 0 Å². The molecular formula is C17H22FN5O2. The van der Waals surface area contributed by atoms with Gasteiger partial charge in [-0.3, -0.25) is 9.89 Å². The van der Waals surface area contributed by atoms with E-state index in [0.29, 0.717) is 38.4 Å². The second-order valence-corrected chi connectivity index (χ2v) is 6.09. The zero-order chi connectivity index (χ0) is 17.6. The lowest BCUT2D eigenvalue weighted by Gasteiger charge is -2.32. The number of carbonyl (C=O) groups is 1. The van der Waals surface area contributed by atoms with E-state index in [1.54, 1.807) is 4.90 Å². The van der Waals surface area contributed by atoms with Crippen LogP contribution in [0.4, 0.5) is 4.39 Å². The van der Waals surface area contributed by atoms with Crippen molar-refractivity contribution in [3.05, 3.63) is 41.7 Å². The summed E-state index contributed by atoms with van der Waals surface area (Å²) >= 11 is 0. The Bertz CT molecular complexity index is 707. The van der Waals surface area contributed by atoms with Gasteiger partial charge in [-0.1, -0.05) is 0 Å². The fourth-order valence-electron chi connectivity index (χ4n) is 3.03. The highest BCUT2D eigenvalue weighted by Gasteiger charge is 2.28. The van der Waals surface area contributed by atoms with Gasteiger partial charge in [0.25, 0.3) is 5.91 Å². The molecule has 1 amide bonds. The minimum atomic E-state index is -0.460. The van der Waals surface area contributed by atoms with Crippen LogP contribution in [0.3, 0.4) is 0 Å². The monoisotopic (exact) mass is 347 g/mol. The van der Waals surface area contributed by atoms with Crippen LogP contribution in [0.2, 0.25) is 0 Å². The standard InChI is InChI=1S/C17H22FN5O2/c18-13-4-5-15(25-8-2-6-19)14(9-13)17(24)23-7-1-3-12(10-23)16-20-11-21-22-16/h4-5,9,11-12H,1-3,6-8,10,19H2,(H,20,21,22)/t12-/m0/s1. The molecule has 0 saturated carbocycles. The maximum atomic E-state index is 13.7. The Kier molecular flexibility index (Phi) is 5.60. The molecule has 8 heteroatoms. The first-order valence-electron chi connectivity index (χ1n) is 8.46. The highest BCUT2D eigenvalue weighted by Crippen LogP contribution is 2.28. The van der Waals surface area contributed by atoms with Gasteiger partial charge in [-0.15, -0.1) is 0 Å². The lowest BCUT2D eigenvalue weighted by atomic mass is 9.96. The lowest BCUT2D eigenvalue weighted by Crippen LogP contribution is -2.39. The number of nitrogens with one attached hydrogen (secondary N) is 1. The molecule has 2 aromatic rings. The van der Waals surface area contributed by atoms with Crippen LogP contribution in [0.15, 0.2) is 24.5 Å². The van der Waals surface area contributed by atoms with Gasteiger partial charge in [0.2, 0.25) is 0 Å². The molecule has 2 heterocycles. The van der Waals surface area contributed by atoms with E-state index in [1.165, 1.54) is 24.5 Å². The second-order valence-electron chi connectivity index (χ2n) is 6.09. The van der Waals surface area contributed by atoms with E-state index in [-0.39, 0.29) is 17.4 Å². The van der Waals surface area contributed by atoms with Crippen molar-refractivity contribution in [2.45, 2.75) is 25.2 Å². The van der Waals surface area contributed by atoms with E-state index in [4.69, 9.17) is 10.5 Å². The topological polar surface area (TPSA) is 97.1 Å². The molecule has 0 spiro atoms. The van der Waals surface area contributed by atoms with E-state index in [1.807, 2.05) is 0 Å². The van der Waals surface area contributed by atoms with Gasteiger partial charge in [-0.2, -0.15) is 5.10 Å². The second kappa shape index (κ2) is 8.06. The minimum absolute atomic E-state index is 0.107. The minimum Gasteiger partial charge on any atom is -0.493 e. The number of halogens is 1. The van der Waals surface area contributed by atoms with E-state index < -0.39 is 5.82 Å². The number of H-pyrrole nitrogens is 1. The first-order valence-corrected chi connectivity index (χ1v) is 8.46. The van der Waals surface area contributed by atoms with Crippen LogP contribution in [-0.2, 0) is 0 Å². The number of hydrogen-bond donors (Lipinski definition) is 2. The number of hydrogen-bond acceptors (Lipinski definition) is 5. The highest BCUT2D eigenvalue weighted by atomic mass is 19.1. The number of rotatable bonds is 6. The fourth-order valence-corrected chi connectivity index (χ4v) is 3.03. The van der Waals surface area contributed by atoms with Crippen molar-refractivity contribution < 1.29 is 13.9 Å². The summed E-state index contributed by atoms with van der Waals surface area (Å²) in [6, 6.07) is 4.03. The predicted molar refractivity (Wildman–Crippen MR) is 89.8 cm³/mol. The number of nitrogens with zero attached hydrogens (tertiary/aromatic N) is 3. The molecule has 1 atom stereocenters. The van der Waals surface area contributed by atoms with Crippen LogP contribution >= 0.6 is 0 Å². The number of amides is 1. The number of carbonyl (C=O) groups excluding carboxylic acids is 1. The summed E-state index contributed by atoms with van der Waals surface area (Å²) in [5, 5.41) is 6.74. The smallest absolute Gasteiger partial charge is 0.257 e. The lowest BCUT2D eigenvalue weighted by molar-refractivity contribution is 0.0699. The van der Waals surface area contributed by atoms with Crippen molar-refractivity contribution in [2.24, 2.45) is 5.73 Å². The molecule has 25 heavy (non-hydrogen) atoms. The average Bonchev–Trinajstić information content (AvgIpc) is 3.17. The molecule has 1 fully saturated rings. The maximum Gasteiger partial charge on any atom is 0.257 e. The third-order valence-electron chi connectivity index (χ3n) is 4.31. The van der Waals surface area contributed by atoms with Crippen molar-refractivity contribution in [1.82, 2.24) is 20.1 Å². The van der Waals surface area contributed by atoms with Crippen LogP contribution in [0.5, 0.6) is 5.75 Å². The van der Waals surface area contributed by atoms with E-state index >= 15 is 0 Å². The molecule has 1 aliphatic heterocycles. The molecule has 7 nitrogen and oxygen atoms in total. The Morgan fingerprint density at radius 2 is 2.36 bits per heavy atom. The first kappa shape index (κ1) is 17.3. The molecule has 1 aromatic heterocycles. The molecule has 3 rings (SSSR count). The SMILES string of the molecule is NCCCOc1ccc(F)cc1C(=O)N1CCC[C@H](c2ncn[nH]2)C1. The number of aromatic amines is 1. The maximum absolute atomic E-state index is 13.7. The van der Waals surface area contributed by atoms with Crippen LogP contribution in [-0.4, -0.2) is 52.2 Å². The summed E-state index contributed by atoms with van der Waals surface area (Å²) < 4.78 is 19.3. The molecule has 0 unspecified atom stereocenters. The summed E-state index contributed by atoms with van der Waals surface area (Å²) in [6.45, 7) is 2.04. The van der Waals surface area contributed by atoms with Crippen LogP contribution in [0, 0.1) is 5.82 Å². The molecule has 0 radical (unpaired) electrons. The van der Waals surface area contributed by atoms with Gasteiger partial charge in [0.05, 0.1) is 12.2 Å². The van der Waals surface area contributed by atoms with Crippen LogP contribution < -0.4 is 10.5 Å². The molecule has 1 aliphatic rings. The molecule has 134 valence electrons. The van der Waals surface area contributed by atoms with E-state index in [2.05, 4.69) is 15.2 Å². The highest BCUT2D eigenvalue weighted by molar-refractivity contribution is 5.97. The third kappa shape index (κ3) is 4.14. The van der Waals surface area contributed by atoms with E-state index in [9.17, 15) is 9.18 Å². The van der Waals surface area contributed by atoms with E-state index in [0.717, 1.165) is 18.7 Å². The Morgan fingerprint density at radius 1 is 1.48 bits per heavy atom. The van der Waals surface area contributed by atoms with Gasteiger partial charge in [-0.25, -0.2) is 9.37 Å². The van der Waals surface area contributed by atoms with Gasteiger partial charge >= 0.3 is 0 Å². The largest absolute Gasteiger partial charge is 0.493 e. The normalized spacial score (nSPS) is 17.5. The number of benzene rings is 1. The molecule has 0 bridgehead atoms. The molecular weight excluding hydrogens is 325 g/mol. The van der Waals surface area contributed by atoms with Gasteiger partial charge in [0.1, 0.15) is 23.7 Å². The average molecular weight is 347 g/mol. The first-order chi connectivity index (χ1) is 12.2. The van der Waals surface area contributed by atoms with Crippen molar-refractivity contribution in [3.63, 3.8) is 0 Å². The molecule has 1 saturated heterocycles. The van der Waals surface area contributed by atoms with Crippen molar-refractivity contribution in [3.8, 4) is 5.75 Å². The van der Waals surface area contributed by atoms with Gasteiger partial charge in [-0.05, 0) is 44.0 Å². The zero-order valence-electron chi connectivity index (χ0n) is 13.9. The summed E-state index contributed by atoms with van der Waals surface area (Å²) in [5.41, 5.74) is 5.71. The Balaban J connectivity index is 1.76. The number of nitrogens with two attached hydrogens (primary N) is 1. The summed E-state index contributed by atoms with van der Waals surface area (Å²) in [4.78, 5) is 18.8. The molecule has 3 N–H and O–H groups in total. The number of piperidine rings is 1. The quantitative estimate of drug-likeness (QED) is 0.775. The van der Waals surface area contributed by atoms with Crippen LogP contribution in [0.25, 0.3) is 0 Å². The van der Waals surface area contributed by atoms with Gasteiger partial charge in [0.15, 0.2) is 0 Å². The summed E-state index contributed by atoms with van der Waals surface area (Å²) in [7, 11) is 0. The predicted octanol–water partition coefficient (Wildman–Crippen LogP) is 1.69. The van der Waals surface area contributed by atoms with Crippen LogP contribution in [0.1, 0.15) is 41.4 Å². The summed E-state index contributed by atoms with van der Waals surface area (Å²) in [5.74, 6) is 0.581. The Hall–Kier alpha value is -2.48. The number of aromatic nitrogens is 3. The Morgan fingerprint density at radius 3 is 3.12 bits per heavy atom. The third-order valence-corrected chi connectivity index (χ3v) is 4.31. The van der Waals surface area contributed by atoms with Gasteiger partial charge < -0.3 is 15.4 Å². The van der Waals surface area contributed by atoms with Crippen molar-refractivity contribution >= 4 is 5.91 Å².